The summed E-state index contributed by atoms with van der Waals surface area (Å²) in [7, 11) is 0. The van der Waals surface area contributed by atoms with Crippen LogP contribution in [0.15, 0.2) is 18.2 Å². The van der Waals surface area contributed by atoms with Gasteiger partial charge in [-0.25, -0.2) is 4.39 Å². The summed E-state index contributed by atoms with van der Waals surface area (Å²) in [6.45, 7) is 2.29. The van der Waals surface area contributed by atoms with E-state index < -0.39 is 22.3 Å². The number of alkyl halides is 1. The first kappa shape index (κ1) is 14.6. The van der Waals surface area contributed by atoms with Gasteiger partial charge >= 0.3 is 0 Å². The SMILES string of the molecule is CCC(Br)CNC(=O)c1ccc(F)cc1[N+](=O)[O-]. The molecule has 0 saturated carbocycles. The number of nitrogens with zero attached hydrogens (tertiary/aromatic N) is 1. The summed E-state index contributed by atoms with van der Waals surface area (Å²) in [5, 5.41) is 13.3. The minimum absolute atomic E-state index is 0.0981. The Labute approximate surface area is 112 Å². The van der Waals surface area contributed by atoms with Gasteiger partial charge in [0.05, 0.1) is 11.0 Å². The van der Waals surface area contributed by atoms with Crippen molar-refractivity contribution in [3.63, 3.8) is 0 Å². The van der Waals surface area contributed by atoms with Crippen LogP contribution in [0.2, 0.25) is 0 Å². The summed E-state index contributed by atoms with van der Waals surface area (Å²) >= 11 is 3.33. The first-order valence-electron chi connectivity index (χ1n) is 5.32. The molecule has 0 bridgehead atoms. The second-order valence-electron chi connectivity index (χ2n) is 3.63. The van der Waals surface area contributed by atoms with E-state index in [1.54, 1.807) is 0 Å². The molecule has 1 atom stereocenters. The lowest BCUT2D eigenvalue weighted by Gasteiger charge is -2.09. The molecule has 7 heteroatoms. The maximum Gasteiger partial charge on any atom is 0.285 e. The molecule has 18 heavy (non-hydrogen) atoms. The van der Waals surface area contributed by atoms with Gasteiger partial charge in [-0.3, -0.25) is 14.9 Å². The highest BCUT2D eigenvalue weighted by atomic mass is 79.9. The van der Waals surface area contributed by atoms with Crippen LogP contribution in [0.5, 0.6) is 0 Å². The fraction of sp³-hybridized carbons (Fsp3) is 0.364. The predicted octanol–water partition coefficient (Wildman–Crippen LogP) is 2.64. The van der Waals surface area contributed by atoms with Crippen LogP contribution in [0.4, 0.5) is 10.1 Å². The summed E-state index contributed by atoms with van der Waals surface area (Å²) in [6, 6.07) is 2.87. The van der Waals surface area contributed by atoms with Crippen molar-refractivity contribution in [3.8, 4) is 0 Å². The van der Waals surface area contributed by atoms with E-state index in [0.29, 0.717) is 6.54 Å². The molecular formula is C11H12BrFN2O3. The van der Waals surface area contributed by atoms with Crippen molar-refractivity contribution >= 4 is 27.5 Å². The van der Waals surface area contributed by atoms with Crippen molar-refractivity contribution in [2.24, 2.45) is 0 Å². The third-order valence-corrected chi connectivity index (χ3v) is 3.30. The van der Waals surface area contributed by atoms with Crippen LogP contribution < -0.4 is 5.32 Å². The number of hydrogen-bond donors (Lipinski definition) is 1. The molecule has 0 aliphatic carbocycles. The number of nitro groups is 1. The topological polar surface area (TPSA) is 72.2 Å². The Balaban J connectivity index is 2.88. The average molecular weight is 319 g/mol. The van der Waals surface area contributed by atoms with Crippen LogP contribution >= 0.6 is 15.9 Å². The van der Waals surface area contributed by atoms with Gasteiger partial charge in [-0.1, -0.05) is 22.9 Å². The van der Waals surface area contributed by atoms with Crippen LogP contribution in [0.1, 0.15) is 23.7 Å². The number of carbonyl (C=O) groups is 1. The minimum Gasteiger partial charge on any atom is -0.351 e. The Morgan fingerprint density at radius 2 is 2.28 bits per heavy atom. The summed E-state index contributed by atoms with van der Waals surface area (Å²) in [4.78, 5) is 21.8. The summed E-state index contributed by atoms with van der Waals surface area (Å²) in [6.07, 6.45) is 0.811. The molecule has 0 saturated heterocycles. The van der Waals surface area contributed by atoms with Crippen LogP contribution in [0.3, 0.4) is 0 Å². The number of nitro benzene ring substituents is 1. The Hall–Kier alpha value is -1.50. The minimum atomic E-state index is -0.774. The van der Waals surface area contributed by atoms with Gasteiger partial charge in [0, 0.05) is 11.4 Å². The molecule has 0 spiro atoms. The first-order valence-corrected chi connectivity index (χ1v) is 6.23. The second kappa shape index (κ2) is 6.44. The van der Waals surface area contributed by atoms with E-state index in [1.165, 1.54) is 0 Å². The van der Waals surface area contributed by atoms with Gasteiger partial charge in [0.15, 0.2) is 0 Å². The zero-order valence-corrected chi connectivity index (χ0v) is 11.2. The number of halogens is 2. The molecule has 1 aromatic carbocycles. The van der Waals surface area contributed by atoms with E-state index in [9.17, 15) is 19.3 Å². The van der Waals surface area contributed by atoms with Gasteiger partial charge in [-0.2, -0.15) is 0 Å². The lowest BCUT2D eigenvalue weighted by molar-refractivity contribution is -0.385. The maximum atomic E-state index is 12.9. The van der Waals surface area contributed by atoms with Crippen LogP contribution in [0, 0.1) is 15.9 Å². The standard InChI is InChI=1S/C11H12BrFN2O3/c1-2-7(12)6-14-11(16)9-4-3-8(13)5-10(9)15(17)18/h3-5,7H,2,6H2,1H3,(H,14,16). The van der Waals surface area contributed by atoms with Crippen molar-refractivity contribution in [2.75, 3.05) is 6.54 Å². The van der Waals surface area contributed by atoms with E-state index in [-0.39, 0.29) is 10.4 Å². The maximum absolute atomic E-state index is 12.9. The smallest absolute Gasteiger partial charge is 0.285 e. The molecule has 0 heterocycles. The lowest BCUT2D eigenvalue weighted by atomic mass is 10.1. The van der Waals surface area contributed by atoms with Crippen molar-refractivity contribution in [3.05, 3.63) is 39.7 Å². The summed E-state index contributed by atoms with van der Waals surface area (Å²) in [5.41, 5.74) is -0.674. The van der Waals surface area contributed by atoms with E-state index >= 15 is 0 Å². The van der Waals surface area contributed by atoms with Gasteiger partial charge in [0.2, 0.25) is 0 Å². The van der Waals surface area contributed by atoms with Gasteiger partial charge in [0.25, 0.3) is 11.6 Å². The zero-order valence-electron chi connectivity index (χ0n) is 9.65. The lowest BCUT2D eigenvalue weighted by Crippen LogP contribution is -2.29. The Kier molecular flexibility index (Phi) is 5.21. The number of benzene rings is 1. The van der Waals surface area contributed by atoms with Gasteiger partial charge in [-0.05, 0) is 18.6 Å². The molecule has 1 N–H and O–H groups in total. The molecular weight excluding hydrogens is 307 g/mol. The average Bonchev–Trinajstić information content (AvgIpc) is 2.35. The molecule has 5 nitrogen and oxygen atoms in total. The zero-order chi connectivity index (χ0) is 13.7. The molecule has 0 aromatic heterocycles. The number of carbonyl (C=O) groups excluding carboxylic acids is 1. The quantitative estimate of drug-likeness (QED) is 0.515. The second-order valence-corrected chi connectivity index (χ2v) is 4.93. The van der Waals surface area contributed by atoms with Crippen molar-refractivity contribution in [1.82, 2.24) is 5.32 Å². The van der Waals surface area contributed by atoms with E-state index in [1.807, 2.05) is 6.92 Å². The van der Waals surface area contributed by atoms with Crippen LogP contribution in [0.25, 0.3) is 0 Å². The number of nitrogens with one attached hydrogen (secondary N) is 1. The number of rotatable bonds is 5. The normalized spacial score (nSPS) is 11.9. The third-order valence-electron chi connectivity index (χ3n) is 2.33. The Morgan fingerprint density at radius 3 is 2.83 bits per heavy atom. The fourth-order valence-corrected chi connectivity index (χ4v) is 1.45. The molecule has 0 fully saturated rings. The monoisotopic (exact) mass is 318 g/mol. The predicted molar refractivity (Wildman–Crippen MR) is 68.4 cm³/mol. The third kappa shape index (κ3) is 3.76. The van der Waals surface area contributed by atoms with E-state index in [2.05, 4.69) is 21.2 Å². The summed E-state index contributed by atoms with van der Waals surface area (Å²) < 4.78 is 12.9. The number of hydrogen-bond acceptors (Lipinski definition) is 3. The van der Waals surface area contributed by atoms with Gasteiger partial charge < -0.3 is 5.32 Å². The first-order chi connectivity index (χ1) is 8.45. The van der Waals surface area contributed by atoms with Crippen molar-refractivity contribution in [2.45, 2.75) is 18.2 Å². The van der Waals surface area contributed by atoms with Crippen molar-refractivity contribution in [1.29, 1.82) is 0 Å². The fourth-order valence-electron chi connectivity index (χ4n) is 1.29. The van der Waals surface area contributed by atoms with Crippen LogP contribution in [-0.2, 0) is 0 Å². The highest BCUT2D eigenvalue weighted by Crippen LogP contribution is 2.19. The van der Waals surface area contributed by atoms with E-state index in [0.717, 1.165) is 24.6 Å². The van der Waals surface area contributed by atoms with Gasteiger partial charge in [-0.15, -0.1) is 0 Å². The molecule has 0 aliphatic heterocycles. The Bertz CT molecular complexity index is 468. The molecule has 98 valence electrons. The highest BCUT2D eigenvalue weighted by Gasteiger charge is 2.21. The molecule has 0 radical (unpaired) electrons. The molecule has 1 amide bonds. The van der Waals surface area contributed by atoms with Crippen molar-refractivity contribution < 1.29 is 14.1 Å². The molecule has 1 unspecified atom stereocenters. The molecule has 1 aromatic rings. The Morgan fingerprint density at radius 1 is 1.61 bits per heavy atom. The summed E-state index contributed by atoms with van der Waals surface area (Å²) in [5.74, 6) is -1.33. The van der Waals surface area contributed by atoms with E-state index in [4.69, 9.17) is 0 Å². The molecule has 0 aliphatic rings. The molecule has 1 rings (SSSR count). The van der Waals surface area contributed by atoms with Gasteiger partial charge in [0.1, 0.15) is 11.4 Å². The van der Waals surface area contributed by atoms with Crippen LogP contribution in [-0.4, -0.2) is 22.2 Å². The number of amides is 1. The largest absolute Gasteiger partial charge is 0.351 e. The highest BCUT2D eigenvalue weighted by molar-refractivity contribution is 9.09.